The lowest BCUT2D eigenvalue weighted by Gasteiger charge is -2.08. The zero-order chi connectivity index (χ0) is 16.8. The Morgan fingerprint density at radius 3 is 2.71 bits per heavy atom. The number of benzene rings is 1. The van der Waals surface area contributed by atoms with Crippen molar-refractivity contribution in [3.8, 4) is 0 Å². The molecule has 2 aromatic heterocycles. The monoisotopic (exact) mass is 323 g/mol. The second kappa shape index (κ2) is 7.28. The Bertz CT molecular complexity index is 841. The first-order chi connectivity index (χ1) is 11.7. The van der Waals surface area contributed by atoms with E-state index in [1.54, 1.807) is 18.5 Å². The minimum atomic E-state index is -0.435. The van der Waals surface area contributed by atoms with Crippen LogP contribution < -0.4 is 10.6 Å². The van der Waals surface area contributed by atoms with Gasteiger partial charge in [0.1, 0.15) is 23.7 Å². The highest BCUT2D eigenvalue weighted by Gasteiger charge is 2.09. The summed E-state index contributed by atoms with van der Waals surface area (Å²) in [6.45, 7) is 0.546. The maximum Gasteiger partial charge on any atom is 0.274 e. The Hall–Kier alpha value is -3.35. The van der Waals surface area contributed by atoms with Crippen molar-refractivity contribution in [3.05, 3.63) is 78.3 Å². The summed E-state index contributed by atoms with van der Waals surface area (Å²) in [6, 6.07) is 11.0. The van der Waals surface area contributed by atoms with Gasteiger partial charge in [-0.1, -0.05) is 6.07 Å². The summed E-state index contributed by atoms with van der Waals surface area (Å²) in [4.78, 5) is 24.2. The van der Waals surface area contributed by atoms with Crippen LogP contribution in [0.4, 0.5) is 15.9 Å². The van der Waals surface area contributed by atoms with Crippen LogP contribution in [0.15, 0.2) is 61.2 Å². The number of amides is 1. The Kier molecular flexibility index (Phi) is 4.71. The predicted molar refractivity (Wildman–Crippen MR) is 87.9 cm³/mol. The van der Waals surface area contributed by atoms with E-state index in [1.165, 1.54) is 30.6 Å². The van der Waals surface area contributed by atoms with Gasteiger partial charge in [0.05, 0.1) is 0 Å². The van der Waals surface area contributed by atoms with E-state index in [2.05, 4.69) is 25.6 Å². The van der Waals surface area contributed by atoms with Crippen LogP contribution in [0.1, 0.15) is 16.1 Å². The summed E-state index contributed by atoms with van der Waals surface area (Å²) >= 11 is 0. The third-order valence-electron chi connectivity index (χ3n) is 3.21. The summed E-state index contributed by atoms with van der Waals surface area (Å²) in [6.07, 6.45) is 4.71. The Morgan fingerprint density at radius 1 is 1.08 bits per heavy atom. The van der Waals surface area contributed by atoms with E-state index in [4.69, 9.17) is 0 Å². The van der Waals surface area contributed by atoms with Crippen LogP contribution >= 0.6 is 0 Å². The number of halogens is 1. The maximum absolute atomic E-state index is 13.2. The van der Waals surface area contributed by atoms with Crippen LogP contribution in [0.2, 0.25) is 0 Å². The number of hydrogen-bond donors (Lipinski definition) is 2. The smallest absolute Gasteiger partial charge is 0.274 e. The van der Waals surface area contributed by atoms with Gasteiger partial charge < -0.3 is 10.6 Å². The van der Waals surface area contributed by atoms with Crippen molar-refractivity contribution in [1.29, 1.82) is 0 Å². The van der Waals surface area contributed by atoms with Crippen molar-refractivity contribution in [3.63, 3.8) is 0 Å². The average molecular weight is 323 g/mol. The van der Waals surface area contributed by atoms with E-state index in [0.717, 1.165) is 5.56 Å². The van der Waals surface area contributed by atoms with Crippen LogP contribution in [0, 0.1) is 5.82 Å². The summed E-state index contributed by atoms with van der Waals surface area (Å²) in [5.41, 5.74) is 1.59. The van der Waals surface area contributed by atoms with Crippen LogP contribution in [-0.4, -0.2) is 20.9 Å². The van der Waals surface area contributed by atoms with Gasteiger partial charge in [0, 0.05) is 30.7 Å². The van der Waals surface area contributed by atoms with E-state index in [1.807, 2.05) is 12.1 Å². The van der Waals surface area contributed by atoms with Crippen LogP contribution in [0.25, 0.3) is 0 Å². The maximum atomic E-state index is 13.2. The number of nitrogens with one attached hydrogen (secondary N) is 2. The molecule has 0 saturated heterocycles. The number of carbonyl (C=O) groups excluding carboxylic acids is 1. The largest absolute Gasteiger partial charge is 0.366 e. The molecule has 0 atom stereocenters. The Morgan fingerprint density at radius 2 is 1.92 bits per heavy atom. The molecule has 0 aliphatic carbocycles. The number of nitrogens with zero attached hydrogens (tertiary/aromatic N) is 3. The van der Waals surface area contributed by atoms with Crippen molar-refractivity contribution in [1.82, 2.24) is 15.0 Å². The van der Waals surface area contributed by atoms with Crippen molar-refractivity contribution in [2.24, 2.45) is 0 Å². The molecular formula is C17H14FN5O. The number of anilines is 2. The minimum absolute atomic E-state index is 0.187. The van der Waals surface area contributed by atoms with Crippen LogP contribution in [0.3, 0.4) is 0 Å². The second-order valence-corrected chi connectivity index (χ2v) is 4.96. The van der Waals surface area contributed by atoms with Crippen molar-refractivity contribution >= 4 is 17.4 Å². The fourth-order valence-corrected chi connectivity index (χ4v) is 2.03. The molecular weight excluding hydrogens is 309 g/mol. The second-order valence-electron chi connectivity index (χ2n) is 4.96. The summed E-state index contributed by atoms with van der Waals surface area (Å²) in [5, 5.41) is 5.71. The van der Waals surface area contributed by atoms with E-state index >= 15 is 0 Å². The third-order valence-corrected chi connectivity index (χ3v) is 3.21. The van der Waals surface area contributed by atoms with Crippen LogP contribution in [0.5, 0.6) is 0 Å². The van der Waals surface area contributed by atoms with Crippen LogP contribution in [-0.2, 0) is 6.54 Å². The minimum Gasteiger partial charge on any atom is -0.366 e. The molecule has 0 aliphatic heterocycles. The van der Waals surface area contributed by atoms with Gasteiger partial charge in [0.2, 0.25) is 0 Å². The number of pyridine rings is 1. The molecule has 24 heavy (non-hydrogen) atoms. The molecule has 120 valence electrons. The molecule has 0 saturated carbocycles. The number of hydrogen-bond acceptors (Lipinski definition) is 5. The predicted octanol–water partition coefficient (Wildman–Crippen LogP) is 2.88. The third kappa shape index (κ3) is 4.10. The fourth-order valence-electron chi connectivity index (χ4n) is 2.03. The molecule has 1 amide bonds. The van der Waals surface area contributed by atoms with Gasteiger partial charge in [0.25, 0.3) is 5.91 Å². The molecule has 0 fully saturated rings. The average Bonchev–Trinajstić information content (AvgIpc) is 2.61. The van der Waals surface area contributed by atoms with E-state index in [9.17, 15) is 9.18 Å². The molecule has 3 aromatic rings. The molecule has 0 unspecified atom stereocenters. The van der Waals surface area contributed by atoms with Gasteiger partial charge in [-0.2, -0.15) is 0 Å². The fraction of sp³-hybridized carbons (Fsp3) is 0.0588. The summed E-state index contributed by atoms with van der Waals surface area (Å²) in [5.74, 6) is -0.337. The molecule has 7 heteroatoms. The molecule has 0 bridgehead atoms. The van der Waals surface area contributed by atoms with Gasteiger partial charge in [0.15, 0.2) is 0 Å². The highest BCUT2D eigenvalue weighted by Crippen LogP contribution is 2.12. The first-order valence-electron chi connectivity index (χ1n) is 7.22. The number of aromatic nitrogens is 3. The van der Waals surface area contributed by atoms with Gasteiger partial charge >= 0.3 is 0 Å². The molecule has 0 spiro atoms. The first-order valence-corrected chi connectivity index (χ1v) is 7.22. The van der Waals surface area contributed by atoms with Crippen molar-refractivity contribution in [2.75, 3.05) is 10.6 Å². The standard InChI is InChI=1S/C17H14FN5O/c18-13-2-1-3-14(8-13)23-17(24)15-9-16(22-11-21-15)20-10-12-4-6-19-7-5-12/h1-9,11H,10H2,(H,23,24)(H,20,21,22). The molecule has 2 heterocycles. The lowest BCUT2D eigenvalue weighted by atomic mass is 10.2. The van der Waals surface area contributed by atoms with Gasteiger partial charge in [-0.3, -0.25) is 9.78 Å². The molecule has 1 aromatic carbocycles. The summed E-state index contributed by atoms with van der Waals surface area (Å²) in [7, 11) is 0. The first kappa shape index (κ1) is 15.5. The Balaban J connectivity index is 1.67. The highest BCUT2D eigenvalue weighted by molar-refractivity contribution is 6.03. The summed E-state index contributed by atoms with van der Waals surface area (Å²) < 4.78 is 13.2. The van der Waals surface area contributed by atoms with Gasteiger partial charge in [-0.15, -0.1) is 0 Å². The number of rotatable bonds is 5. The van der Waals surface area contributed by atoms with Gasteiger partial charge in [-0.25, -0.2) is 14.4 Å². The zero-order valence-corrected chi connectivity index (χ0v) is 12.6. The topological polar surface area (TPSA) is 79.8 Å². The molecule has 6 nitrogen and oxygen atoms in total. The lowest BCUT2D eigenvalue weighted by molar-refractivity contribution is 0.102. The molecule has 0 radical (unpaired) electrons. The van der Waals surface area contributed by atoms with E-state index < -0.39 is 11.7 Å². The lowest BCUT2D eigenvalue weighted by Crippen LogP contribution is -2.14. The van der Waals surface area contributed by atoms with E-state index in [0.29, 0.717) is 18.1 Å². The van der Waals surface area contributed by atoms with Gasteiger partial charge in [-0.05, 0) is 35.9 Å². The SMILES string of the molecule is O=C(Nc1cccc(F)c1)c1cc(NCc2ccncc2)ncn1. The van der Waals surface area contributed by atoms with Crippen molar-refractivity contribution < 1.29 is 9.18 Å². The molecule has 3 rings (SSSR count). The highest BCUT2D eigenvalue weighted by atomic mass is 19.1. The quantitative estimate of drug-likeness (QED) is 0.755. The Labute approximate surface area is 137 Å². The molecule has 0 aliphatic rings. The zero-order valence-electron chi connectivity index (χ0n) is 12.6. The van der Waals surface area contributed by atoms with E-state index in [-0.39, 0.29) is 5.69 Å². The number of carbonyl (C=O) groups is 1. The molecule has 2 N–H and O–H groups in total. The van der Waals surface area contributed by atoms with Crippen molar-refractivity contribution in [2.45, 2.75) is 6.54 Å². The normalized spacial score (nSPS) is 10.2.